The summed E-state index contributed by atoms with van der Waals surface area (Å²) < 4.78 is 5.91. The highest BCUT2D eigenvalue weighted by Crippen LogP contribution is 2.28. The number of nitrogens with one attached hydrogen (secondary N) is 2. The van der Waals surface area contributed by atoms with Crippen LogP contribution in [0.3, 0.4) is 0 Å². The number of aromatic hydroxyl groups is 1. The van der Waals surface area contributed by atoms with Gasteiger partial charge in [-0.3, -0.25) is 0 Å². The molecule has 33 heavy (non-hydrogen) atoms. The van der Waals surface area contributed by atoms with E-state index >= 15 is 0 Å². The first-order valence-corrected chi connectivity index (χ1v) is 10.2. The van der Waals surface area contributed by atoms with Crippen molar-refractivity contribution in [1.82, 2.24) is 30.6 Å². The normalized spacial score (nSPS) is 10.7. The lowest BCUT2D eigenvalue weighted by Gasteiger charge is -2.10. The molecule has 0 atom stereocenters. The molecular weight excluding hydrogens is 418 g/mol. The molecule has 0 saturated heterocycles. The van der Waals surface area contributed by atoms with E-state index in [1.807, 2.05) is 61.5 Å². The summed E-state index contributed by atoms with van der Waals surface area (Å²) in [6.07, 6.45) is 0. The fourth-order valence-corrected chi connectivity index (χ4v) is 3.26. The summed E-state index contributed by atoms with van der Waals surface area (Å²) >= 11 is 0. The zero-order valence-corrected chi connectivity index (χ0v) is 17.6. The van der Waals surface area contributed by atoms with Gasteiger partial charge in [-0.2, -0.15) is 5.21 Å². The van der Waals surface area contributed by atoms with Gasteiger partial charge >= 0.3 is 0 Å². The van der Waals surface area contributed by atoms with Crippen molar-refractivity contribution in [2.75, 3.05) is 5.32 Å². The summed E-state index contributed by atoms with van der Waals surface area (Å²) in [7, 11) is 0. The van der Waals surface area contributed by atoms with Gasteiger partial charge in [0.25, 0.3) is 0 Å². The Hall–Kier alpha value is -4.79. The molecule has 0 fully saturated rings. The predicted octanol–water partition coefficient (Wildman–Crippen LogP) is 4.87. The summed E-state index contributed by atoms with van der Waals surface area (Å²) in [6.45, 7) is 1.92. The number of rotatable bonds is 6. The van der Waals surface area contributed by atoms with Crippen LogP contribution in [0.2, 0.25) is 0 Å². The maximum absolute atomic E-state index is 9.44. The van der Waals surface area contributed by atoms with Crippen LogP contribution in [0.5, 0.6) is 17.2 Å². The molecule has 5 rings (SSSR count). The lowest BCUT2D eigenvalue weighted by atomic mass is 10.1. The third kappa shape index (κ3) is 4.77. The number of benzene rings is 3. The highest BCUT2D eigenvalue weighted by molar-refractivity contribution is 5.66. The minimum Gasteiger partial charge on any atom is -0.508 e. The van der Waals surface area contributed by atoms with Crippen LogP contribution >= 0.6 is 0 Å². The fraction of sp³-hybridized carbons (Fsp3) is 0.0417. The minimum atomic E-state index is 0.192. The third-order valence-corrected chi connectivity index (χ3v) is 4.80. The summed E-state index contributed by atoms with van der Waals surface area (Å²) in [5.41, 5.74) is 4.18. The number of nitrogens with zero attached hydrogens (tertiary/aromatic N) is 5. The maximum Gasteiger partial charge on any atom is 0.227 e. The first kappa shape index (κ1) is 20.1. The molecule has 0 unspecified atom stereocenters. The number of aryl methyl sites for hydroxylation is 1. The number of tetrazole rings is 1. The Morgan fingerprint density at radius 3 is 2.42 bits per heavy atom. The predicted molar refractivity (Wildman–Crippen MR) is 123 cm³/mol. The van der Waals surface area contributed by atoms with Crippen LogP contribution in [-0.2, 0) is 0 Å². The fourth-order valence-electron chi connectivity index (χ4n) is 3.26. The summed E-state index contributed by atoms with van der Waals surface area (Å²) in [5, 5.41) is 26.7. The van der Waals surface area contributed by atoms with Crippen molar-refractivity contribution in [3.8, 4) is 39.9 Å². The van der Waals surface area contributed by atoms with E-state index in [2.05, 4.69) is 35.9 Å². The van der Waals surface area contributed by atoms with Crippen LogP contribution in [0.25, 0.3) is 22.6 Å². The van der Waals surface area contributed by atoms with E-state index in [4.69, 9.17) is 4.74 Å². The van der Waals surface area contributed by atoms with E-state index in [1.165, 1.54) is 0 Å². The molecule has 2 aromatic heterocycles. The van der Waals surface area contributed by atoms with Crippen LogP contribution in [0, 0.1) is 6.92 Å². The summed E-state index contributed by atoms with van der Waals surface area (Å²) in [4.78, 5) is 9.19. The molecule has 0 radical (unpaired) electrons. The molecule has 0 spiro atoms. The molecule has 0 saturated carbocycles. The molecule has 9 nitrogen and oxygen atoms in total. The first-order valence-electron chi connectivity index (χ1n) is 10.2. The highest BCUT2D eigenvalue weighted by atomic mass is 16.5. The molecule has 3 N–H and O–H groups in total. The SMILES string of the molecule is Cc1cc(-c2cccc(Oc3ccc(O)cc3)c2)nc(Nc2ccc(-c3nn[nH]n3)cc2)n1. The van der Waals surface area contributed by atoms with Gasteiger partial charge in [0.1, 0.15) is 17.2 Å². The van der Waals surface area contributed by atoms with E-state index in [0.717, 1.165) is 28.2 Å². The molecule has 0 aliphatic heterocycles. The number of phenols is 1. The average molecular weight is 437 g/mol. The van der Waals surface area contributed by atoms with Crippen LogP contribution in [0.4, 0.5) is 11.6 Å². The van der Waals surface area contributed by atoms with Crippen LogP contribution in [0.15, 0.2) is 78.9 Å². The van der Waals surface area contributed by atoms with E-state index in [9.17, 15) is 5.11 Å². The van der Waals surface area contributed by atoms with Gasteiger partial charge in [-0.15, -0.1) is 10.2 Å². The first-order chi connectivity index (χ1) is 16.1. The van der Waals surface area contributed by atoms with Crippen LogP contribution < -0.4 is 10.1 Å². The molecule has 0 aliphatic carbocycles. The highest BCUT2D eigenvalue weighted by Gasteiger charge is 2.08. The molecule has 9 heteroatoms. The zero-order chi connectivity index (χ0) is 22.6. The number of anilines is 2. The van der Waals surface area contributed by atoms with Crippen LogP contribution in [0.1, 0.15) is 5.69 Å². The lowest BCUT2D eigenvalue weighted by molar-refractivity contribution is 0.464. The lowest BCUT2D eigenvalue weighted by Crippen LogP contribution is -2.00. The Morgan fingerprint density at radius 2 is 1.67 bits per heavy atom. The molecule has 0 bridgehead atoms. The number of aromatic nitrogens is 6. The van der Waals surface area contributed by atoms with E-state index in [-0.39, 0.29) is 5.75 Å². The number of hydrogen-bond acceptors (Lipinski definition) is 8. The van der Waals surface area contributed by atoms with Gasteiger partial charge in [-0.25, -0.2) is 9.97 Å². The van der Waals surface area contributed by atoms with E-state index in [1.54, 1.807) is 24.3 Å². The number of H-pyrrole nitrogens is 1. The van der Waals surface area contributed by atoms with Gasteiger partial charge in [0.15, 0.2) is 0 Å². The molecule has 162 valence electrons. The Balaban J connectivity index is 1.37. The average Bonchev–Trinajstić information content (AvgIpc) is 3.36. The van der Waals surface area contributed by atoms with E-state index in [0.29, 0.717) is 23.3 Å². The molecule has 3 aromatic carbocycles. The second kappa shape index (κ2) is 8.75. The topological polar surface area (TPSA) is 122 Å². The standard InChI is InChI=1S/C24H19N7O2/c1-15-13-22(17-3-2-4-21(14-17)33-20-11-9-19(32)10-12-20)27-24(25-15)26-18-7-5-16(6-8-18)23-28-30-31-29-23/h2-14,32H,1H3,(H,25,26,27)(H,28,29,30,31). The second-order valence-corrected chi connectivity index (χ2v) is 7.28. The monoisotopic (exact) mass is 437 g/mol. The smallest absolute Gasteiger partial charge is 0.227 e. The molecule has 0 aliphatic rings. The van der Waals surface area contributed by atoms with Gasteiger partial charge in [-0.05, 0) is 78.9 Å². The van der Waals surface area contributed by atoms with Crippen LogP contribution in [-0.4, -0.2) is 35.7 Å². The van der Waals surface area contributed by atoms with Crippen molar-refractivity contribution in [3.63, 3.8) is 0 Å². The zero-order valence-electron chi connectivity index (χ0n) is 17.6. The number of ether oxygens (including phenoxy) is 1. The maximum atomic E-state index is 9.44. The van der Waals surface area contributed by atoms with Gasteiger partial charge < -0.3 is 15.2 Å². The number of phenolic OH excluding ortho intramolecular Hbond substituents is 1. The number of aromatic amines is 1. The van der Waals surface area contributed by atoms with Crippen molar-refractivity contribution in [3.05, 3.63) is 84.6 Å². The van der Waals surface area contributed by atoms with Crippen molar-refractivity contribution in [2.45, 2.75) is 6.92 Å². The van der Waals surface area contributed by atoms with Gasteiger partial charge in [0.05, 0.1) is 5.69 Å². The largest absolute Gasteiger partial charge is 0.508 e. The number of hydrogen-bond donors (Lipinski definition) is 3. The van der Waals surface area contributed by atoms with Gasteiger partial charge in [-0.1, -0.05) is 12.1 Å². The van der Waals surface area contributed by atoms with E-state index < -0.39 is 0 Å². The Morgan fingerprint density at radius 1 is 0.848 bits per heavy atom. The molecule has 5 aromatic rings. The quantitative estimate of drug-likeness (QED) is 0.344. The van der Waals surface area contributed by atoms with Crippen molar-refractivity contribution in [1.29, 1.82) is 0 Å². The molecule has 2 heterocycles. The van der Waals surface area contributed by atoms with Gasteiger partial charge in [0, 0.05) is 22.5 Å². The molecular formula is C24H19N7O2. The Labute approximate surface area is 189 Å². The second-order valence-electron chi connectivity index (χ2n) is 7.28. The Bertz CT molecular complexity index is 1370. The Kier molecular flexibility index (Phi) is 5.34. The molecule has 0 amide bonds. The van der Waals surface area contributed by atoms with Crippen molar-refractivity contribution in [2.24, 2.45) is 0 Å². The summed E-state index contributed by atoms with van der Waals surface area (Å²) in [6, 6.07) is 23.8. The van der Waals surface area contributed by atoms with Crippen molar-refractivity contribution < 1.29 is 9.84 Å². The van der Waals surface area contributed by atoms with Crippen molar-refractivity contribution >= 4 is 11.6 Å². The minimum absolute atomic E-state index is 0.192. The third-order valence-electron chi connectivity index (χ3n) is 4.80. The summed E-state index contributed by atoms with van der Waals surface area (Å²) in [5.74, 6) is 2.51. The van der Waals surface area contributed by atoms with Gasteiger partial charge in [0.2, 0.25) is 11.8 Å².